The number of nitrogens with zero attached hydrogens (tertiary/aromatic N) is 3. The number of ether oxygens (including phenoxy) is 1. The minimum atomic E-state index is -0.0287. The fourth-order valence-corrected chi connectivity index (χ4v) is 3.86. The second-order valence-electron chi connectivity index (χ2n) is 6.51. The van der Waals surface area contributed by atoms with Crippen molar-refractivity contribution in [3.05, 3.63) is 52.7 Å². The SMILES string of the molecule is COc1ccc2cc(C(=O)N3CC(c4nc(-c5ccsc5)no4)C3)[nH]c2c1. The van der Waals surface area contributed by atoms with Crippen LogP contribution >= 0.6 is 11.3 Å². The van der Waals surface area contributed by atoms with Crippen LogP contribution in [0.3, 0.4) is 0 Å². The van der Waals surface area contributed by atoms with E-state index in [1.54, 1.807) is 23.3 Å². The summed E-state index contributed by atoms with van der Waals surface area (Å²) in [6.45, 7) is 1.14. The van der Waals surface area contributed by atoms with Gasteiger partial charge in [0.05, 0.1) is 13.0 Å². The number of nitrogens with one attached hydrogen (secondary N) is 1. The number of benzene rings is 1. The molecule has 0 unspecified atom stereocenters. The Balaban J connectivity index is 1.28. The Morgan fingerprint density at radius 1 is 1.33 bits per heavy atom. The number of aromatic nitrogens is 3. The zero-order valence-electron chi connectivity index (χ0n) is 14.5. The van der Waals surface area contributed by atoms with E-state index < -0.39 is 0 Å². The molecule has 7 nitrogen and oxygen atoms in total. The molecule has 1 aromatic carbocycles. The molecule has 4 heterocycles. The summed E-state index contributed by atoms with van der Waals surface area (Å²) in [7, 11) is 1.62. The molecule has 136 valence electrons. The Labute approximate surface area is 158 Å². The first-order valence-electron chi connectivity index (χ1n) is 8.53. The number of likely N-dealkylation sites (tertiary alicyclic amines) is 1. The van der Waals surface area contributed by atoms with E-state index in [-0.39, 0.29) is 11.8 Å². The van der Waals surface area contributed by atoms with Gasteiger partial charge in [0.25, 0.3) is 5.91 Å². The maximum atomic E-state index is 12.7. The number of amides is 1. The lowest BCUT2D eigenvalue weighted by molar-refractivity contribution is 0.0564. The summed E-state index contributed by atoms with van der Waals surface area (Å²) in [5, 5.41) is 8.97. The van der Waals surface area contributed by atoms with Gasteiger partial charge in [-0.25, -0.2) is 0 Å². The lowest BCUT2D eigenvalue weighted by Crippen LogP contribution is -2.48. The number of fused-ring (bicyclic) bond motifs is 1. The van der Waals surface area contributed by atoms with E-state index >= 15 is 0 Å². The second-order valence-corrected chi connectivity index (χ2v) is 7.29. The average Bonchev–Trinajstić information content (AvgIpc) is 3.38. The average molecular weight is 380 g/mol. The van der Waals surface area contributed by atoms with Crippen LogP contribution in [0, 0.1) is 0 Å². The number of aromatic amines is 1. The van der Waals surface area contributed by atoms with E-state index in [0.29, 0.717) is 30.5 Å². The predicted octanol–water partition coefficient (Wildman–Crippen LogP) is 3.53. The van der Waals surface area contributed by atoms with Crippen molar-refractivity contribution >= 4 is 28.1 Å². The Kier molecular flexibility index (Phi) is 3.71. The first kappa shape index (κ1) is 16.1. The van der Waals surface area contributed by atoms with Gasteiger partial charge in [-0.1, -0.05) is 5.16 Å². The first-order valence-corrected chi connectivity index (χ1v) is 9.48. The standard InChI is InChI=1S/C19H16N4O3S/c1-25-14-3-2-11-6-16(20-15(11)7-14)19(24)23-8-13(9-23)18-21-17(22-26-18)12-4-5-27-10-12/h2-7,10,13,20H,8-9H2,1H3. The van der Waals surface area contributed by atoms with Gasteiger partial charge in [-0.05, 0) is 29.6 Å². The number of hydrogen-bond donors (Lipinski definition) is 1. The largest absolute Gasteiger partial charge is 0.497 e. The predicted molar refractivity (Wildman–Crippen MR) is 101 cm³/mol. The van der Waals surface area contributed by atoms with Crippen molar-refractivity contribution < 1.29 is 14.1 Å². The van der Waals surface area contributed by atoms with Crippen molar-refractivity contribution in [1.29, 1.82) is 0 Å². The van der Waals surface area contributed by atoms with Crippen LogP contribution in [0.5, 0.6) is 5.75 Å². The summed E-state index contributed by atoms with van der Waals surface area (Å²) in [4.78, 5) is 22.1. The molecule has 0 saturated carbocycles. The first-order chi connectivity index (χ1) is 13.2. The van der Waals surface area contributed by atoms with Gasteiger partial charge >= 0.3 is 0 Å². The molecule has 0 atom stereocenters. The highest BCUT2D eigenvalue weighted by Crippen LogP contribution is 2.30. The number of H-pyrrole nitrogens is 1. The zero-order chi connectivity index (χ0) is 18.4. The topological polar surface area (TPSA) is 84.2 Å². The second kappa shape index (κ2) is 6.24. The molecule has 0 aliphatic carbocycles. The molecule has 3 aromatic heterocycles. The summed E-state index contributed by atoms with van der Waals surface area (Å²) in [6.07, 6.45) is 0. The molecule has 1 aliphatic heterocycles. The minimum absolute atomic E-state index is 0.0287. The summed E-state index contributed by atoms with van der Waals surface area (Å²) in [6, 6.07) is 9.53. The summed E-state index contributed by atoms with van der Waals surface area (Å²) in [5.74, 6) is 1.99. The van der Waals surface area contributed by atoms with Gasteiger partial charge in [-0.15, -0.1) is 0 Å². The summed E-state index contributed by atoms with van der Waals surface area (Å²) >= 11 is 1.59. The Morgan fingerprint density at radius 3 is 3.00 bits per heavy atom. The van der Waals surface area contributed by atoms with E-state index in [1.165, 1.54) is 0 Å². The molecule has 1 amide bonds. The quantitative estimate of drug-likeness (QED) is 0.585. The molecule has 1 aliphatic rings. The molecule has 0 spiro atoms. The van der Waals surface area contributed by atoms with Crippen molar-refractivity contribution in [2.24, 2.45) is 0 Å². The third-order valence-electron chi connectivity index (χ3n) is 4.80. The molecule has 1 N–H and O–H groups in total. The normalized spacial score (nSPS) is 14.5. The third kappa shape index (κ3) is 2.78. The summed E-state index contributed by atoms with van der Waals surface area (Å²) < 4.78 is 10.6. The van der Waals surface area contributed by atoms with Crippen molar-refractivity contribution in [3.8, 4) is 17.1 Å². The van der Waals surface area contributed by atoms with Gasteiger partial charge in [-0.3, -0.25) is 4.79 Å². The van der Waals surface area contributed by atoms with Gasteiger partial charge in [-0.2, -0.15) is 16.3 Å². The lowest BCUT2D eigenvalue weighted by atomic mass is 9.99. The van der Waals surface area contributed by atoms with E-state index in [2.05, 4.69) is 15.1 Å². The van der Waals surface area contributed by atoms with Crippen LogP contribution in [0.1, 0.15) is 22.3 Å². The Bertz CT molecular complexity index is 1110. The zero-order valence-corrected chi connectivity index (χ0v) is 15.3. The molecule has 0 radical (unpaired) electrons. The summed E-state index contributed by atoms with van der Waals surface area (Å²) in [5.41, 5.74) is 2.41. The van der Waals surface area contributed by atoms with Gasteiger partial charge in [0.1, 0.15) is 11.4 Å². The third-order valence-corrected chi connectivity index (χ3v) is 5.48. The van der Waals surface area contributed by atoms with Crippen LogP contribution in [0.25, 0.3) is 22.3 Å². The lowest BCUT2D eigenvalue weighted by Gasteiger charge is -2.36. The van der Waals surface area contributed by atoms with E-state index in [1.807, 2.05) is 41.1 Å². The van der Waals surface area contributed by atoms with Crippen LogP contribution in [0.4, 0.5) is 0 Å². The molecule has 8 heteroatoms. The number of carbonyl (C=O) groups is 1. The molecule has 27 heavy (non-hydrogen) atoms. The smallest absolute Gasteiger partial charge is 0.270 e. The number of thiophene rings is 1. The highest BCUT2D eigenvalue weighted by Gasteiger charge is 2.36. The van der Waals surface area contributed by atoms with Crippen LogP contribution in [-0.2, 0) is 0 Å². The highest BCUT2D eigenvalue weighted by molar-refractivity contribution is 7.08. The number of carbonyl (C=O) groups excluding carboxylic acids is 1. The molecule has 1 fully saturated rings. The molecule has 0 bridgehead atoms. The molecule has 5 rings (SSSR count). The number of methoxy groups -OCH3 is 1. The number of rotatable bonds is 4. The van der Waals surface area contributed by atoms with Crippen molar-refractivity contribution in [3.63, 3.8) is 0 Å². The fraction of sp³-hybridized carbons (Fsp3) is 0.211. The van der Waals surface area contributed by atoms with Gasteiger partial charge in [0, 0.05) is 41.0 Å². The maximum Gasteiger partial charge on any atom is 0.270 e. The van der Waals surface area contributed by atoms with Gasteiger partial charge in [0.15, 0.2) is 0 Å². The van der Waals surface area contributed by atoms with Crippen LogP contribution in [-0.4, -0.2) is 46.1 Å². The fourth-order valence-electron chi connectivity index (χ4n) is 3.23. The maximum absolute atomic E-state index is 12.7. The van der Waals surface area contributed by atoms with Crippen molar-refractivity contribution in [2.45, 2.75) is 5.92 Å². The van der Waals surface area contributed by atoms with E-state index in [0.717, 1.165) is 22.2 Å². The Hall–Kier alpha value is -3.13. The van der Waals surface area contributed by atoms with Crippen LogP contribution in [0.15, 0.2) is 45.6 Å². The van der Waals surface area contributed by atoms with E-state index in [9.17, 15) is 4.79 Å². The van der Waals surface area contributed by atoms with Gasteiger partial charge in [0.2, 0.25) is 11.7 Å². The monoisotopic (exact) mass is 380 g/mol. The molecule has 1 saturated heterocycles. The minimum Gasteiger partial charge on any atom is -0.497 e. The molecule has 4 aromatic rings. The molecular weight excluding hydrogens is 364 g/mol. The highest BCUT2D eigenvalue weighted by atomic mass is 32.1. The van der Waals surface area contributed by atoms with Crippen LogP contribution < -0.4 is 4.74 Å². The van der Waals surface area contributed by atoms with Gasteiger partial charge < -0.3 is 19.1 Å². The molecular formula is C19H16N4O3S. The Morgan fingerprint density at radius 2 is 2.22 bits per heavy atom. The van der Waals surface area contributed by atoms with Crippen LogP contribution in [0.2, 0.25) is 0 Å². The van der Waals surface area contributed by atoms with E-state index in [4.69, 9.17) is 9.26 Å². The van der Waals surface area contributed by atoms with Crippen molar-refractivity contribution in [1.82, 2.24) is 20.0 Å². The van der Waals surface area contributed by atoms with Crippen molar-refractivity contribution in [2.75, 3.05) is 20.2 Å². The number of hydrogen-bond acceptors (Lipinski definition) is 6.